The lowest BCUT2D eigenvalue weighted by molar-refractivity contribution is 0.0697. The topological polar surface area (TPSA) is 94.1 Å². The van der Waals surface area contributed by atoms with E-state index in [1.54, 1.807) is 30.5 Å². The first kappa shape index (κ1) is 15.4. The van der Waals surface area contributed by atoms with Crippen molar-refractivity contribution >= 4 is 23.6 Å². The van der Waals surface area contributed by atoms with Gasteiger partial charge in [-0.3, -0.25) is 4.99 Å². The SMILES string of the molecule is COc1cc(N=Cc2ccc(N)cc2)c(C(=O)O)cc1OC. The van der Waals surface area contributed by atoms with Gasteiger partial charge >= 0.3 is 5.97 Å². The minimum atomic E-state index is -1.09. The molecule has 0 bridgehead atoms. The van der Waals surface area contributed by atoms with Crippen molar-refractivity contribution in [3.63, 3.8) is 0 Å². The summed E-state index contributed by atoms with van der Waals surface area (Å²) >= 11 is 0. The van der Waals surface area contributed by atoms with Crippen molar-refractivity contribution in [2.45, 2.75) is 0 Å². The number of nitrogen functional groups attached to an aromatic ring is 1. The second kappa shape index (κ2) is 6.62. The minimum absolute atomic E-state index is 0.0318. The third kappa shape index (κ3) is 3.35. The molecule has 0 radical (unpaired) electrons. The molecule has 3 N–H and O–H groups in total. The van der Waals surface area contributed by atoms with E-state index >= 15 is 0 Å². The van der Waals surface area contributed by atoms with E-state index in [2.05, 4.69) is 4.99 Å². The average Bonchev–Trinajstić information content (AvgIpc) is 2.53. The number of aliphatic imine (C=N–C) groups is 1. The van der Waals surface area contributed by atoms with E-state index in [1.165, 1.54) is 26.4 Å². The number of nitrogens with zero attached hydrogens (tertiary/aromatic N) is 1. The Balaban J connectivity index is 2.44. The van der Waals surface area contributed by atoms with E-state index in [9.17, 15) is 9.90 Å². The van der Waals surface area contributed by atoms with E-state index in [1.807, 2.05) is 0 Å². The van der Waals surface area contributed by atoms with Gasteiger partial charge in [0.2, 0.25) is 0 Å². The minimum Gasteiger partial charge on any atom is -0.493 e. The Morgan fingerprint density at radius 3 is 2.27 bits per heavy atom. The smallest absolute Gasteiger partial charge is 0.338 e. The number of rotatable bonds is 5. The third-order valence-electron chi connectivity index (χ3n) is 3.02. The quantitative estimate of drug-likeness (QED) is 0.654. The molecule has 0 aliphatic carbocycles. The van der Waals surface area contributed by atoms with Crippen LogP contribution in [-0.4, -0.2) is 31.5 Å². The van der Waals surface area contributed by atoms with Crippen LogP contribution in [0.25, 0.3) is 0 Å². The summed E-state index contributed by atoms with van der Waals surface area (Å²) in [6, 6.07) is 9.98. The standard InChI is InChI=1S/C16H16N2O4/c1-21-14-7-12(16(19)20)13(8-15(14)22-2)18-9-10-3-5-11(17)6-4-10/h3-9H,17H2,1-2H3,(H,19,20). The van der Waals surface area contributed by atoms with Crippen LogP contribution in [0.3, 0.4) is 0 Å². The number of hydrogen-bond acceptors (Lipinski definition) is 5. The Morgan fingerprint density at radius 2 is 1.73 bits per heavy atom. The zero-order chi connectivity index (χ0) is 16.1. The molecule has 22 heavy (non-hydrogen) atoms. The summed E-state index contributed by atoms with van der Waals surface area (Å²) in [5, 5.41) is 9.30. The Labute approximate surface area is 127 Å². The van der Waals surface area contributed by atoms with Crippen LogP contribution in [0.2, 0.25) is 0 Å². The highest BCUT2D eigenvalue weighted by Crippen LogP contribution is 2.34. The molecule has 0 aliphatic heterocycles. The molecular formula is C16H16N2O4. The van der Waals surface area contributed by atoms with Gasteiger partial charge in [0.25, 0.3) is 0 Å². The summed E-state index contributed by atoms with van der Waals surface area (Å²) in [7, 11) is 2.92. The normalized spacial score (nSPS) is 10.6. The van der Waals surface area contributed by atoms with Crippen LogP contribution in [0.1, 0.15) is 15.9 Å². The fourth-order valence-electron chi connectivity index (χ4n) is 1.87. The second-order valence-corrected chi connectivity index (χ2v) is 4.45. The maximum absolute atomic E-state index is 11.4. The fraction of sp³-hybridized carbons (Fsp3) is 0.125. The van der Waals surface area contributed by atoms with Crippen LogP contribution >= 0.6 is 0 Å². The zero-order valence-corrected chi connectivity index (χ0v) is 12.2. The van der Waals surface area contributed by atoms with Crippen molar-refractivity contribution < 1.29 is 19.4 Å². The summed E-state index contributed by atoms with van der Waals surface area (Å²) in [6.07, 6.45) is 1.56. The number of methoxy groups -OCH3 is 2. The first-order valence-corrected chi connectivity index (χ1v) is 6.44. The van der Waals surface area contributed by atoms with Crippen molar-refractivity contribution in [1.29, 1.82) is 0 Å². The molecule has 6 heteroatoms. The number of benzene rings is 2. The van der Waals surface area contributed by atoms with Gasteiger partial charge in [-0.05, 0) is 17.7 Å². The molecule has 0 amide bonds. The number of carboxylic acids is 1. The van der Waals surface area contributed by atoms with Crippen molar-refractivity contribution in [3.8, 4) is 11.5 Å². The lowest BCUT2D eigenvalue weighted by atomic mass is 10.1. The number of hydrogen-bond donors (Lipinski definition) is 2. The van der Waals surface area contributed by atoms with Gasteiger partial charge in [-0.1, -0.05) is 12.1 Å². The number of carboxylic acid groups (broad SMARTS) is 1. The maximum atomic E-state index is 11.4. The van der Waals surface area contributed by atoms with Crippen LogP contribution in [0.5, 0.6) is 11.5 Å². The molecule has 0 spiro atoms. The number of ether oxygens (including phenoxy) is 2. The lowest BCUT2D eigenvalue weighted by Gasteiger charge is -2.10. The molecular weight excluding hydrogens is 284 g/mol. The molecule has 2 aromatic rings. The van der Waals surface area contributed by atoms with Gasteiger partial charge in [-0.15, -0.1) is 0 Å². The van der Waals surface area contributed by atoms with Gasteiger partial charge in [0.05, 0.1) is 25.5 Å². The van der Waals surface area contributed by atoms with Crippen LogP contribution < -0.4 is 15.2 Å². The van der Waals surface area contributed by atoms with Gasteiger partial charge in [-0.2, -0.15) is 0 Å². The largest absolute Gasteiger partial charge is 0.493 e. The Morgan fingerprint density at radius 1 is 1.14 bits per heavy atom. The number of nitrogens with two attached hydrogens (primary N) is 1. The van der Waals surface area contributed by atoms with E-state index in [4.69, 9.17) is 15.2 Å². The molecule has 0 heterocycles. The van der Waals surface area contributed by atoms with Crippen LogP contribution in [0.4, 0.5) is 11.4 Å². The molecule has 0 aromatic heterocycles. The monoisotopic (exact) mass is 300 g/mol. The summed E-state index contributed by atoms with van der Waals surface area (Å²) in [6.45, 7) is 0. The van der Waals surface area contributed by atoms with Gasteiger partial charge in [0.1, 0.15) is 0 Å². The van der Waals surface area contributed by atoms with E-state index in [0.29, 0.717) is 17.2 Å². The Hall–Kier alpha value is -3.02. The van der Waals surface area contributed by atoms with Crippen molar-refractivity contribution in [2.24, 2.45) is 4.99 Å². The van der Waals surface area contributed by atoms with Gasteiger partial charge in [0, 0.05) is 24.0 Å². The van der Waals surface area contributed by atoms with Crippen molar-refractivity contribution in [2.75, 3.05) is 20.0 Å². The zero-order valence-electron chi connectivity index (χ0n) is 12.2. The predicted molar refractivity (Wildman–Crippen MR) is 84.6 cm³/mol. The Bertz CT molecular complexity index is 709. The molecule has 0 atom stereocenters. The summed E-state index contributed by atoms with van der Waals surface area (Å²) in [5.74, 6) is -0.339. The highest BCUT2D eigenvalue weighted by atomic mass is 16.5. The first-order chi connectivity index (χ1) is 10.5. The van der Waals surface area contributed by atoms with Crippen LogP contribution in [-0.2, 0) is 0 Å². The van der Waals surface area contributed by atoms with E-state index in [0.717, 1.165) is 5.56 Å². The molecule has 0 saturated carbocycles. The Kier molecular flexibility index (Phi) is 4.63. The molecule has 0 saturated heterocycles. The number of carbonyl (C=O) groups is 1. The van der Waals surface area contributed by atoms with E-state index < -0.39 is 5.97 Å². The lowest BCUT2D eigenvalue weighted by Crippen LogP contribution is -2.00. The predicted octanol–water partition coefficient (Wildman–Crippen LogP) is 2.73. The number of aromatic carboxylic acids is 1. The summed E-state index contributed by atoms with van der Waals surface area (Å²) in [5.41, 5.74) is 7.38. The highest BCUT2D eigenvalue weighted by molar-refractivity contribution is 5.96. The molecule has 2 aromatic carbocycles. The van der Waals surface area contributed by atoms with Gasteiger partial charge in [-0.25, -0.2) is 4.79 Å². The molecule has 0 fully saturated rings. The van der Waals surface area contributed by atoms with Crippen LogP contribution in [0, 0.1) is 0 Å². The van der Waals surface area contributed by atoms with Gasteiger partial charge in [0.15, 0.2) is 11.5 Å². The fourth-order valence-corrected chi connectivity index (χ4v) is 1.87. The van der Waals surface area contributed by atoms with E-state index in [-0.39, 0.29) is 11.3 Å². The molecule has 6 nitrogen and oxygen atoms in total. The molecule has 0 aliphatic rings. The first-order valence-electron chi connectivity index (χ1n) is 6.44. The number of anilines is 1. The summed E-state index contributed by atoms with van der Waals surface area (Å²) < 4.78 is 10.3. The van der Waals surface area contributed by atoms with Gasteiger partial charge < -0.3 is 20.3 Å². The van der Waals surface area contributed by atoms with Crippen molar-refractivity contribution in [1.82, 2.24) is 0 Å². The highest BCUT2D eigenvalue weighted by Gasteiger charge is 2.15. The third-order valence-corrected chi connectivity index (χ3v) is 3.02. The molecule has 114 valence electrons. The maximum Gasteiger partial charge on any atom is 0.338 e. The van der Waals surface area contributed by atoms with Crippen LogP contribution in [0.15, 0.2) is 41.4 Å². The summed E-state index contributed by atoms with van der Waals surface area (Å²) in [4.78, 5) is 15.6. The average molecular weight is 300 g/mol. The molecule has 2 rings (SSSR count). The second-order valence-electron chi connectivity index (χ2n) is 4.45. The molecule has 0 unspecified atom stereocenters. The van der Waals surface area contributed by atoms with Crippen molar-refractivity contribution in [3.05, 3.63) is 47.5 Å².